The average molecular weight is 354 g/mol. The van der Waals surface area contributed by atoms with Crippen LogP contribution in [0.15, 0.2) is 36.5 Å². The van der Waals surface area contributed by atoms with Crippen LogP contribution in [0, 0.1) is 11.8 Å². The SMILES string of the molecule is CC(C)NC(=O)[C@H]1C[NH+]2CC[C@@H]1C[C@@H]2Cn1cc(-c2ccccc2)nn1. The van der Waals surface area contributed by atoms with Gasteiger partial charge in [0.05, 0.1) is 31.7 Å². The van der Waals surface area contributed by atoms with E-state index in [4.69, 9.17) is 0 Å². The van der Waals surface area contributed by atoms with Crippen LogP contribution in [0.2, 0.25) is 0 Å². The minimum absolute atomic E-state index is 0.174. The van der Waals surface area contributed by atoms with E-state index < -0.39 is 0 Å². The monoisotopic (exact) mass is 354 g/mol. The Balaban J connectivity index is 1.40. The first kappa shape index (κ1) is 17.2. The molecule has 3 saturated heterocycles. The number of benzene rings is 1. The minimum Gasteiger partial charge on any atom is -0.353 e. The summed E-state index contributed by atoms with van der Waals surface area (Å²) in [7, 11) is 0. The van der Waals surface area contributed by atoms with Crippen molar-refractivity contribution in [3.05, 3.63) is 36.5 Å². The van der Waals surface area contributed by atoms with Gasteiger partial charge in [0.1, 0.15) is 11.7 Å². The van der Waals surface area contributed by atoms with Crippen LogP contribution >= 0.6 is 0 Å². The van der Waals surface area contributed by atoms with Crippen molar-refractivity contribution >= 4 is 5.91 Å². The van der Waals surface area contributed by atoms with Crippen LogP contribution in [0.25, 0.3) is 11.3 Å². The lowest BCUT2D eigenvalue weighted by molar-refractivity contribution is -0.945. The van der Waals surface area contributed by atoms with Gasteiger partial charge in [0.15, 0.2) is 0 Å². The minimum atomic E-state index is 0.174. The number of rotatable bonds is 5. The normalized spacial score (nSPS) is 27.7. The fourth-order valence-electron chi connectivity index (χ4n) is 4.56. The third kappa shape index (κ3) is 3.51. The van der Waals surface area contributed by atoms with E-state index in [1.54, 1.807) is 4.90 Å². The van der Waals surface area contributed by atoms with Crippen LogP contribution in [0.4, 0.5) is 0 Å². The standard InChI is InChI=1S/C20H27N5O/c1-14(2)21-20(26)18-12-24-9-8-16(18)10-17(24)11-25-13-19(22-23-25)15-6-4-3-5-7-15/h3-7,13-14,16-18H,8-12H2,1-2H3,(H,21,26)/p+1/t16-,17-,18+/m1/s1. The summed E-state index contributed by atoms with van der Waals surface area (Å²) in [6.45, 7) is 7.06. The van der Waals surface area contributed by atoms with Gasteiger partial charge in [0, 0.05) is 24.4 Å². The van der Waals surface area contributed by atoms with Gasteiger partial charge in [-0.15, -0.1) is 5.10 Å². The van der Waals surface area contributed by atoms with E-state index in [2.05, 4.69) is 27.8 Å². The molecule has 2 aromatic rings. The first-order valence-corrected chi connectivity index (χ1v) is 9.70. The van der Waals surface area contributed by atoms with E-state index in [0.29, 0.717) is 12.0 Å². The van der Waals surface area contributed by atoms with Gasteiger partial charge in [-0.1, -0.05) is 35.5 Å². The molecule has 5 rings (SSSR count). The van der Waals surface area contributed by atoms with Crippen molar-refractivity contribution in [2.24, 2.45) is 11.8 Å². The van der Waals surface area contributed by atoms with Gasteiger partial charge >= 0.3 is 0 Å². The number of fused-ring (bicyclic) bond motifs is 3. The van der Waals surface area contributed by atoms with Crippen molar-refractivity contribution in [2.75, 3.05) is 13.1 Å². The molecule has 3 aliphatic rings. The van der Waals surface area contributed by atoms with E-state index in [1.165, 1.54) is 6.54 Å². The summed E-state index contributed by atoms with van der Waals surface area (Å²) in [6.07, 6.45) is 4.31. The molecule has 0 aliphatic carbocycles. The number of hydrogen-bond acceptors (Lipinski definition) is 3. The maximum Gasteiger partial charge on any atom is 0.229 e. The Morgan fingerprint density at radius 2 is 2.15 bits per heavy atom. The van der Waals surface area contributed by atoms with E-state index in [-0.39, 0.29) is 17.9 Å². The molecule has 6 heteroatoms. The molecule has 1 aromatic carbocycles. The van der Waals surface area contributed by atoms with Gasteiger partial charge in [-0.3, -0.25) is 4.79 Å². The largest absolute Gasteiger partial charge is 0.353 e. The quantitative estimate of drug-likeness (QED) is 0.833. The van der Waals surface area contributed by atoms with Crippen molar-refractivity contribution in [1.29, 1.82) is 0 Å². The molecule has 6 nitrogen and oxygen atoms in total. The summed E-state index contributed by atoms with van der Waals surface area (Å²) in [4.78, 5) is 14.0. The Morgan fingerprint density at radius 3 is 2.85 bits per heavy atom. The summed E-state index contributed by atoms with van der Waals surface area (Å²) >= 11 is 0. The van der Waals surface area contributed by atoms with Gasteiger partial charge in [-0.05, 0) is 19.8 Å². The first-order valence-electron chi connectivity index (χ1n) is 9.70. The maximum atomic E-state index is 12.5. The molecule has 4 atom stereocenters. The van der Waals surface area contributed by atoms with Crippen LogP contribution < -0.4 is 10.2 Å². The highest BCUT2D eigenvalue weighted by Crippen LogP contribution is 2.28. The molecular formula is C20H28N5O+. The first-order chi connectivity index (χ1) is 12.6. The number of nitrogens with one attached hydrogen (secondary N) is 2. The third-order valence-electron chi connectivity index (χ3n) is 5.84. The van der Waals surface area contributed by atoms with Gasteiger partial charge in [-0.25, -0.2) is 4.68 Å². The highest BCUT2D eigenvalue weighted by atomic mass is 16.2. The van der Waals surface area contributed by atoms with Crippen molar-refractivity contribution in [3.63, 3.8) is 0 Å². The summed E-state index contributed by atoms with van der Waals surface area (Å²) < 4.78 is 1.98. The zero-order valence-electron chi connectivity index (χ0n) is 15.6. The van der Waals surface area contributed by atoms with Crippen LogP contribution in [-0.2, 0) is 11.3 Å². The molecule has 138 valence electrons. The highest BCUT2D eigenvalue weighted by molar-refractivity contribution is 5.79. The molecular weight excluding hydrogens is 326 g/mol. The zero-order valence-corrected chi connectivity index (χ0v) is 15.6. The molecule has 1 aromatic heterocycles. The van der Waals surface area contributed by atoms with Crippen molar-refractivity contribution in [2.45, 2.75) is 45.3 Å². The van der Waals surface area contributed by atoms with E-state index >= 15 is 0 Å². The third-order valence-corrected chi connectivity index (χ3v) is 5.84. The molecule has 26 heavy (non-hydrogen) atoms. The van der Waals surface area contributed by atoms with Gasteiger partial charge in [0.25, 0.3) is 0 Å². The molecule has 4 heterocycles. The van der Waals surface area contributed by atoms with Gasteiger partial charge in [-0.2, -0.15) is 0 Å². The number of hydrogen-bond donors (Lipinski definition) is 2. The number of quaternary nitrogens is 1. The van der Waals surface area contributed by atoms with Crippen molar-refractivity contribution < 1.29 is 9.69 Å². The number of carbonyl (C=O) groups is 1. The lowest BCUT2D eigenvalue weighted by Crippen LogP contribution is -3.20. The fourth-order valence-corrected chi connectivity index (χ4v) is 4.56. The molecule has 1 amide bonds. The molecule has 2 bridgehead atoms. The fraction of sp³-hybridized carbons (Fsp3) is 0.550. The Kier molecular flexibility index (Phi) is 4.76. The highest BCUT2D eigenvalue weighted by Gasteiger charge is 2.46. The molecule has 0 saturated carbocycles. The molecule has 3 fully saturated rings. The number of piperidine rings is 3. The summed E-state index contributed by atoms with van der Waals surface area (Å²) in [5.74, 6) is 0.925. The van der Waals surface area contributed by atoms with Crippen molar-refractivity contribution in [3.8, 4) is 11.3 Å². The van der Waals surface area contributed by atoms with Crippen LogP contribution in [0.5, 0.6) is 0 Å². The van der Waals surface area contributed by atoms with E-state index in [9.17, 15) is 4.79 Å². The zero-order chi connectivity index (χ0) is 18.1. The van der Waals surface area contributed by atoms with E-state index in [1.807, 2.05) is 42.9 Å². The smallest absolute Gasteiger partial charge is 0.229 e. The second kappa shape index (κ2) is 7.19. The Morgan fingerprint density at radius 1 is 1.35 bits per heavy atom. The number of aromatic nitrogens is 3. The number of amides is 1. The summed E-state index contributed by atoms with van der Waals surface area (Å²) in [5.41, 5.74) is 2.02. The topological polar surface area (TPSA) is 64.2 Å². The maximum absolute atomic E-state index is 12.5. The van der Waals surface area contributed by atoms with Gasteiger partial charge in [0.2, 0.25) is 5.91 Å². The summed E-state index contributed by atoms with van der Waals surface area (Å²) in [5, 5.41) is 11.8. The molecule has 1 unspecified atom stereocenters. The van der Waals surface area contributed by atoms with E-state index in [0.717, 1.165) is 37.2 Å². The second-order valence-electron chi connectivity index (χ2n) is 8.06. The molecule has 2 N–H and O–H groups in total. The van der Waals surface area contributed by atoms with Crippen molar-refractivity contribution in [1.82, 2.24) is 20.3 Å². The molecule has 0 radical (unpaired) electrons. The van der Waals surface area contributed by atoms with Crippen LogP contribution in [0.1, 0.15) is 26.7 Å². The molecule has 0 spiro atoms. The second-order valence-corrected chi connectivity index (χ2v) is 8.06. The number of carbonyl (C=O) groups excluding carboxylic acids is 1. The Labute approximate surface area is 154 Å². The van der Waals surface area contributed by atoms with Crippen LogP contribution in [-0.4, -0.2) is 46.1 Å². The number of nitrogens with zero attached hydrogens (tertiary/aromatic N) is 3. The van der Waals surface area contributed by atoms with Crippen LogP contribution in [0.3, 0.4) is 0 Å². The predicted octanol–water partition coefficient (Wildman–Crippen LogP) is 0.763. The molecule has 3 aliphatic heterocycles. The lowest BCUT2D eigenvalue weighted by Gasteiger charge is -2.46. The Bertz CT molecular complexity index is 757. The Hall–Kier alpha value is -2.21. The summed E-state index contributed by atoms with van der Waals surface area (Å²) in [6, 6.07) is 10.9. The van der Waals surface area contributed by atoms with Gasteiger partial charge < -0.3 is 10.2 Å². The average Bonchev–Trinajstić information content (AvgIpc) is 3.11. The predicted molar refractivity (Wildman–Crippen MR) is 99.4 cm³/mol. The lowest BCUT2D eigenvalue weighted by atomic mass is 9.75.